The topological polar surface area (TPSA) is 80.5 Å². The van der Waals surface area contributed by atoms with Crippen LogP contribution in [0.5, 0.6) is 0 Å². The van der Waals surface area contributed by atoms with Crippen LogP contribution in [0.3, 0.4) is 0 Å². The first-order valence-corrected chi connectivity index (χ1v) is 5.85. The minimum absolute atomic E-state index is 0.00782. The molecular formula is C8H14N2O3S. The van der Waals surface area contributed by atoms with Crippen molar-refractivity contribution in [1.29, 1.82) is 0 Å². The fraction of sp³-hybridized carbons (Fsp3) is 0.625. The first-order chi connectivity index (χ1) is 6.30. The predicted octanol–water partition coefficient (Wildman–Crippen LogP) is -0.548. The Morgan fingerprint density at radius 3 is 2.64 bits per heavy atom. The van der Waals surface area contributed by atoms with Crippen LogP contribution in [-0.4, -0.2) is 37.6 Å². The van der Waals surface area contributed by atoms with E-state index >= 15 is 0 Å². The third kappa shape index (κ3) is 2.55. The summed E-state index contributed by atoms with van der Waals surface area (Å²) in [4.78, 5) is 12.8. The van der Waals surface area contributed by atoms with Crippen molar-refractivity contribution < 1.29 is 13.2 Å². The van der Waals surface area contributed by atoms with Gasteiger partial charge in [-0.1, -0.05) is 12.2 Å². The van der Waals surface area contributed by atoms with Crippen LogP contribution in [0.4, 0.5) is 0 Å². The molecule has 0 aliphatic carbocycles. The number of hydrogen-bond donors (Lipinski definition) is 1. The molecule has 1 aliphatic heterocycles. The monoisotopic (exact) mass is 218 g/mol. The second kappa shape index (κ2) is 3.70. The van der Waals surface area contributed by atoms with Gasteiger partial charge >= 0.3 is 0 Å². The van der Waals surface area contributed by atoms with Gasteiger partial charge in [0.2, 0.25) is 15.9 Å². The van der Waals surface area contributed by atoms with E-state index in [2.05, 4.69) is 6.58 Å². The Balaban J connectivity index is 2.70. The number of primary sulfonamides is 1. The summed E-state index contributed by atoms with van der Waals surface area (Å²) in [5.41, 5.74) is 0.827. The van der Waals surface area contributed by atoms with E-state index in [0.717, 1.165) is 5.57 Å². The number of sulfonamides is 1. The third-order valence-electron chi connectivity index (χ3n) is 2.10. The third-order valence-corrected chi connectivity index (χ3v) is 3.35. The van der Waals surface area contributed by atoms with Crippen molar-refractivity contribution in [3.63, 3.8) is 0 Å². The standard InChI is InChI=1S/C8H14N2O3S/c1-6(2)4-10-5-7(3-8(10)11)14(9,12)13/h7H,1,3-5H2,2H3,(H2,9,12,13). The molecular weight excluding hydrogens is 204 g/mol. The van der Waals surface area contributed by atoms with Gasteiger partial charge in [0.15, 0.2) is 0 Å². The number of rotatable bonds is 3. The lowest BCUT2D eigenvalue weighted by Gasteiger charge is -2.15. The molecule has 6 heteroatoms. The van der Waals surface area contributed by atoms with E-state index in [0.29, 0.717) is 6.54 Å². The molecule has 80 valence electrons. The zero-order valence-corrected chi connectivity index (χ0v) is 8.88. The molecule has 1 amide bonds. The van der Waals surface area contributed by atoms with Gasteiger partial charge in [0.05, 0.1) is 0 Å². The van der Waals surface area contributed by atoms with Crippen molar-refractivity contribution in [2.75, 3.05) is 13.1 Å². The fourth-order valence-electron chi connectivity index (χ4n) is 1.43. The maximum absolute atomic E-state index is 11.3. The highest BCUT2D eigenvalue weighted by atomic mass is 32.2. The van der Waals surface area contributed by atoms with E-state index in [4.69, 9.17) is 5.14 Å². The highest BCUT2D eigenvalue weighted by molar-refractivity contribution is 7.89. The second-order valence-electron chi connectivity index (χ2n) is 3.65. The summed E-state index contributed by atoms with van der Waals surface area (Å²) in [7, 11) is -3.60. The molecule has 0 aromatic carbocycles. The Labute approximate surface area is 83.6 Å². The summed E-state index contributed by atoms with van der Waals surface area (Å²) in [6.07, 6.45) is -0.00782. The SMILES string of the molecule is C=C(C)CN1CC(S(N)(=O)=O)CC1=O. The molecule has 0 saturated carbocycles. The molecule has 1 aliphatic rings. The van der Waals surface area contributed by atoms with Crippen LogP contribution in [0.25, 0.3) is 0 Å². The summed E-state index contributed by atoms with van der Waals surface area (Å²) in [5.74, 6) is -0.174. The molecule has 14 heavy (non-hydrogen) atoms. The van der Waals surface area contributed by atoms with Crippen LogP contribution < -0.4 is 5.14 Å². The molecule has 2 N–H and O–H groups in total. The van der Waals surface area contributed by atoms with Crippen LogP contribution in [0.1, 0.15) is 13.3 Å². The minimum atomic E-state index is -3.60. The first kappa shape index (κ1) is 11.2. The molecule has 0 aromatic rings. The number of carbonyl (C=O) groups excluding carboxylic acids is 1. The predicted molar refractivity (Wildman–Crippen MR) is 52.9 cm³/mol. The first-order valence-electron chi connectivity index (χ1n) is 4.24. The normalized spacial score (nSPS) is 22.9. The van der Waals surface area contributed by atoms with Crippen LogP contribution in [0, 0.1) is 0 Å². The van der Waals surface area contributed by atoms with E-state index in [1.807, 2.05) is 0 Å². The van der Waals surface area contributed by atoms with E-state index < -0.39 is 15.3 Å². The molecule has 1 heterocycles. The van der Waals surface area contributed by atoms with Crippen molar-refractivity contribution in [2.45, 2.75) is 18.6 Å². The minimum Gasteiger partial charge on any atom is -0.337 e. The lowest BCUT2D eigenvalue weighted by molar-refractivity contribution is -0.127. The molecule has 5 nitrogen and oxygen atoms in total. The molecule has 0 spiro atoms. The number of nitrogens with zero attached hydrogens (tertiary/aromatic N) is 1. The Bertz CT molecular complexity index is 361. The van der Waals surface area contributed by atoms with E-state index in [-0.39, 0.29) is 18.9 Å². The number of carbonyl (C=O) groups is 1. The molecule has 1 fully saturated rings. The Morgan fingerprint density at radius 2 is 2.29 bits per heavy atom. The van der Waals surface area contributed by atoms with Gasteiger partial charge in [-0.25, -0.2) is 13.6 Å². The zero-order chi connectivity index (χ0) is 10.9. The lowest BCUT2D eigenvalue weighted by atomic mass is 10.3. The number of likely N-dealkylation sites (tertiary alicyclic amines) is 1. The van der Waals surface area contributed by atoms with Gasteiger partial charge < -0.3 is 4.90 Å². The van der Waals surface area contributed by atoms with Gasteiger partial charge in [-0.15, -0.1) is 0 Å². The number of nitrogens with two attached hydrogens (primary N) is 1. The van der Waals surface area contributed by atoms with Crippen molar-refractivity contribution in [1.82, 2.24) is 4.90 Å². The Hall–Kier alpha value is -0.880. The van der Waals surface area contributed by atoms with Gasteiger partial charge in [0, 0.05) is 19.5 Å². The molecule has 1 unspecified atom stereocenters. The van der Waals surface area contributed by atoms with Gasteiger partial charge in [0.25, 0.3) is 0 Å². The van der Waals surface area contributed by atoms with Gasteiger partial charge in [-0.2, -0.15) is 0 Å². The van der Waals surface area contributed by atoms with E-state index in [1.165, 1.54) is 4.90 Å². The molecule has 1 atom stereocenters. The highest BCUT2D eigenvalue weighted by Crippen LogP contribution is 2.16. The average Bonchev–Trinajstić information content (AvgIpc) is 2.30. The molecule has 1 saturated heterocycles. The number of amides is 1. The van der Waals surface area contributed by atoms with Gasteiger partial charge in [-0.3, -0.25) is 4.79 Å². The summed E-state index contributed by atoms with van der Waals surface area (Å²) in [5, 5.41) is 4.21. The largest absolute Gasteiger partial charge is 0.337 e. The number of hydrogen-bond acceptors (Lipinski definition) is 3. The van der Waals surface area contributed by atoms with Crippen molar-refractivity contribution in [2.24, 2.45) is 5.14 Å². The van der Waals surface area contributed by atoms with Gasteiger partial charge in [-0.05, 0) is 6.92 Å². The zero-order valence-electron chi connectivity index (χ0n) is 8.06. The van der Waals surface area contributed by atoms with E-state index in [1.54, 1.807) is 6.92 Å². The van der Waals surface area contributed by atoms with Crippen LogP contribution >= 0.6 is 0 Å². The summed E-state index contributed by atoms with van der Waals surface area (Å²) in [6.45, 7) is 6.05. The highest BCUT2D eigenvalue weighted by Gasteiger charge is 2.35. The average molecular weight is 218 g/mol. The quantitative estimate of drug-likeness (QED) is 0.645. The van der Waals surface area contributed by atoms with Gasteiger partial charge in [0.1, 0.15) is 5.25 Å². The van der Waals surface area contributed by atoms with Crippen molar-refractivity contribution in [3.05, 3.63) is 12.2 Å². The van der Waals surface area contributed by atoms with Crippen molar-refractivity contribution >= 4 is 15.9 Å². The second-order valence-corrected chi connectivity index (χ2v) is 5.49. The summed E-state index contributed by atoms with van der Waals surface area (Å²) in [6, 6.07) is 0. The maximum Gasteiger partial charge on any atom is 0.224 e. The molecule has 0 bridgehead atoms. The van der Waals surface area contributed by atoms with E-state index in [9.17, 15) is 13.2 Å². The lowest BCUT2D eigenvalue weighted by Crippen LogP contribution is -2.32. The van der Waals surface area contributed by atoms with Crippen LogP contribution in [-0.2, 0) is 14.8 Å². The maximum atomic E-state index is 11.3. The van der Waals surface area contributed by atoms with Crippen LogP contribution in [0.2, 0.25) is 0 Å². The molecule has 0 radical (unpaired) electrons. The Morgan fingerprint density at radius 1 is 1.71 bits per heavy atom. The Kier molecular flexibility index (Phi) is 2.96. The smallest absolute Gasteiger partial charge is 0.224 e. The molecule has 1 rings (SSSR count). The summed E-state index contributed by atoms with van der Waals surface area (Å²) >= 11 is 0. The van der Waals surface area contributed by atoms with Crippen molar-refractivity contribution in [3.8, 4) is 0 Å². The molecule has 0 aromatic heterocycles. The summed E-state index contributed by atoms with van der Waals surface area (Å²) < 4.78 is 22.0. The fourth-order valence-corrected chi connectivity index (χ4v) is 2.20. The van der Waals surface area contributed by atoms with Crippen LogP contribution in [0.15, 0.2) is 12.2 Å².